The van der Waals surface area contributed by atoms with E-state index in [1.54, 1.807) is 0 Å². The first-order valence-electron chi connectivity index (χ1n) is 7.10. The van der Waals surface area contributed by atoms with Crippen molar-refractivity contribution in [3.05, 3.63) is 24.3 Å². The van der Waals surface area contributed by atoms with E-state index in [1.807, 2.05) is 24.3 Å². The minimum atomic E-state index is -0.906. The molecular formula is C15H20N2O3S. The van der Waals surface area contributed by atoms with Crippen LogP contribution in [-0.4, -0.2) is 34.5 Å². The number of carbonyl (C=O) groups is 2. The number of carboxylic acid groups (broad SMARTS) is 1. The van der Waals surface area contributed by atoms with Crippen LogP contribution in [0.3, 0.4) is 0 Å². The molecular weight excluding hydrogens is 288 g/mol. The van der Waals surface area contributed by atoms with E-state index in [-0.39, 0.29) is 17.4 Å². The van der Waals surface area contributed by atoms with Gasteiger partial charge >= 0.3 is 5.97 Å². The number of nitrogens with one attached hydrogen (secondary N) is 2. The summed E-state index contributed by atoms with van der Waals surface area (Å²) in [6.07, 6.45) is 4.82. The highest BCUT2D eigenvalue weighted by Crippen LogP contribution is 2.27. The third-order valence-corrected chi connectivity index (χ3v) is 4.29. The highest BCUT2D eigenvalue weighted by molar-refractivity contribution is 8.00. The fourth-order valence-electron chi connectivity index (χ4n) is 2.43. The lowest BCUT2D eigenvalue weighted by atomic mass is 10.2. The molecule has 0 aliphatic heterocycles. The molecule has 0 bridgehead atoms. The Balaban J connectivity index is 1.89. The molecule has 0 heterocycles. The van der Waals surface area contributed by atoms with E-state index in [4.69, 9.17) is 5.11 Å². The summed E-state index contributed by atoms with van der Waals surface area (Å²) in [7, 11) is 0. The van der Waals surface area contributed by atoms with Crippen LogP contribution < -0.4 is 10.6 Å². The van der Waals surface area contributed by atoms with Gasteiger partial charge in [-0.25, -0.2) is 0 Å². The summed E-state index contributed by atoms with van der Waals surface area (Å²) < 4.78 is 0. The molecule has 0 spiro atoms. The molecule has 5 nitrogen and oxygen atoms in total. The Morgan fingerprint density at radius 3 is 2.48 bits per heavy atom. The van der Waals surface area contributed by atoms with Crippen LogP contribution in [0.4, 0.5) is 11.4 Å². The van der Waals surface area contributed by atoms with Crippen LogP contribution in [0.1, 0.15) is 25.7 Å². The predicted molar refractivity (Wildman–Crippen MR) is 85.9 cm³/mol. The van der Waals surface area contributed by atoms with Gasteiger partial charge in [0, 0.05) is 6.04 Å². The van der Waals surface area contributed by atoms with Gasteiger partial charge in [0.25, 0.3) is 0 Å². The van der Waals surface area contributed by atoms with Crippen molar-refractivity contribution in [1.82, 2.24) is 0 Å². The number of aliphatic carboxylic acids is 1. The number of amides is 1. The van der Waals surface area contributed by atoms with Crippen LogP contribution >= 0.6 is 11.8 Å². The first kappa shape index (κ1) is 15.7. The van der Waals surface area contributed by atoms with Gasteiger partial charge in [-0.1, -0.05) is 25.0 Å². The van der Waals surface area contributed by atoms with Crippen molar-refractivity contribution in [3.63, 3.8) is 0 Å². The lowest BCUT2D eigenvalue weighted by Gasteiger charge is -2.17. The molecule has 21 heavy (non-hydrogen) atoms. The number of rotatable bonds is 7. The van der Waals surface area contributed by atoms with Crippen LogP contribution in [0.15, 0.2) is 24.3 Å². The van der Waals surface area contributed by atoms with Crippen molar-refractivity contribution in [1.29, 1.82) is 0 Å². The van der Waals surface area contributed by atoms with Crippen LogP contribution in [-0.2, 0) is 9.59 Å². The van der Waals surface area contributed by atoms with Crippen molar-refractivity contribution in [2.45, 2.75) is 31.7 Å². The van der Waals surface area contributed by atoms with Gasteiger partial charge in [-0.05, 0) is 25.0 Å². The molecule has 0 aromatic heterocycles. The molecule has 1 saturated carbocycles. The van der Waals surface area contributed by atoms with Crippen molar-refractivity contribution >= 4 is 35.0 Å². The first-order valence-corrected chi connectivity index (χ1v) is 8.25. The summed E-state index contributed by atoms with van der Waals surface area (Å²) in [6.45, 7) is 0. The summed E-state index contributed by atoms with van der Waals surface area (Å²) in [5.74, 6) is -1.00. The Hall–Kier alpha value is -1.69. The molecule has 0 saturated heterocycles. The van der Waals surface area contributed by atoms with E-state index >= 15 is 0 Å². The van der Waals surface area contributed by atoms with Gasteiger partial charge in [-0.2, -0.15) is 0 Å². The summed E-state index contributed by atoms with van der Waals surface area (Å²) in [4.78, 5) is 22.3. The number of para-hydroxylation sites is 2. The van der Waals surface area contributed by atoms with Gasteiger partial charge in [-0.3, -0.25) is 9.59 Å². The Kier molecular flexibility index (Phi) is 5.92. The highest BCUT2D eigenvalue weighted by atomic mass is 32.2. The lowest BCUT2D eigenvalue weighted by Crippen LogP contribution is -2.19. The quantitative estimate of drug-likeness (QED) is 0.722. The molecule has 1 aromatic rings. The van der Waals surface area contributed by atoms with Crippen LogP contribution in [0.25, 0.3) is 0 Å². The summed E-state index contributed by atoms with van der Waals surface area (Å²) in [6, 6.07) is 8.10. The molecule has 6 heteroatoms. The van der Waals surface area contributed by atoms with Crippen molar-refractivity contribution in [2.24, 2.45) is 0 Å². The fraction of sp³-hybridized carbons (Fsp3) is 0.467. The van der Waals surface area contributed by atoms with Gasteiger partial charge < -0.3 is 15.7 Å². The number of carboxylic acids is 1. The highest BCUT2D eigenvalue weighted by Gasteiger charge is 2.16. The molecule has 0 atom stereocenters. The minimum absolute atomic E-state index is 0.0601. The number of hydrogen-bond donors (Lipinski definition) is 3. The maximum absolute atomic E-state index is 11.8. The maximum Gasteiger partial charge on any atom is 0.313 e. The number of anilines is 2. The smallest absolute Gasteiger partial charge is 0.313 e. The molecule has 2 rings (SSSR count). The second kappa shape index (κ2) is 7.93. The van der Waals surface area contributed by atoms with E-state index in [2.05, 4.69) is 10.6 Å². The van der Waals surface area contributed by atoms with Gasteiger partial charge in [0.2, 0.25) is 5.91 Å². The van der Waals surface area contributed by atoms with Crippen LogP contribution in [0.5, 0.6) is 0 Å². The Labute approximate surface area is 128 Å². The van der Waals surface area contributed by atoms with Gasteiger partial charge in [0.15, 0.2) is 0 Å². The van der Waals surface area contributed by atoms with Crippen molar-refractivity contribution in [3.8, 4) is 0 Å². The van der Waals surface area contributed by atoms with Crippen molar-refractivity contribution < 1.29 is 14.7 Å². The average Bonchev–Trinajstić information content (AvgIpc) is 2.93. The molecule has 1 amide bonds. The van der Waals surface area contributed by atoms with E-state index in [1.165, 1.54) is 12.8 Å². The molecule has 114 valence electrons. The summed E-state index contributed by atoms with van der Waals surface area (Å²) >= 11 is 1.10. The number of hydrogen-bond acceptors (Lipinski definition) is 4. The first-order chi connectivity index (χ1) is 10.1. The van der Waals surface area contributed by atoms with E-state index < -0.39 is 5.97 Å². The number of benzene rings is 1. The Bertz CT molecular complexity index is 501. The zero-order valence-electron chi connectivity index (χ0n) is 11.8. The predicted octanol–water partition coefficient (Wildman–Crippen LogP) is 2.80. The van der Waals surface area contributed by atoms with E-state index in [9.17, 15) is 9.59 Å². The van der Waals surface area contributed by atoms with Crippen LogP contribution in [0.2, 0.25) is 0 Å². The van der Waals surface area contributed by atoms with Crippen molar-refractivity contribution in [2.75, 3.05) is 22.1 Å². The molecule has 1 aliphatic rings. The third-order valence-electron chi connectivity index (χ3n) is 3.37. The number of carbonyl (C=O) groups excluding carboxylic acids is 1. The molecule has 3 N–H and O–H groups in total. The fourth-order valence-corrected chi connectivity index (χ4v) is 2.96. The zero-order chi connectivity index (χ0) is 15.1. The lowest BCUT2D eigenvalue weighted by molar-refractivity contribution is -0.133. The normalized spacial score (nSPS) is 14.9. The molecule has 0 radical (unpaired) electrons. The largest absolute Gasteiger partial charge is 0.481 e. The van der Waals surface area contributed by atoms with E-state index in [0.717, 1.165) is 36.0 Å². The van der Waals surface area contributed by atoms with Crippen LogP contribution in [0, 0.1) is 0 Å². The molecule has 1 fully saturated rings. The molecule has 1 aromatic carbocycles. The molecule has 0 unspecified atom stereocenters. The van der Waals surface area contributed by atoms with Gasteiger partial charge in [0.05, 0.1) is 22.9 Å². The summed E-state index contributed by atoms with van der Waals surface area (Å²) in [5, 5.41) is 14.9. The van der Waals surface area contributed by atoms with Gasteiger partial charge in [-0.15, -0.1) is 11.8 Å². The second-order valence-corrected chi connectivity index (χ2v) is 6.09. The molecule has 1 aliphatic carbocycles. The topological polar surface area (TPSA) is 78.4 Å². The SMILES string of the molecule is O=C(O)CSCC(=O)Nc1ccccc1NC1CCCC1. The monoisotopic (exact) mass is 308 g/mol. The minimum Gasteiger partial charge on any atom is -0.481 e. The van der Waals surface area contributed by atoms with Gasteiger partial charge in [0.1, 0.15) is 0 Å². The third kappa shape index (κ3) is 5.30. The zero-order valence-corrected chi connectivity index (χ0v) is 12.6. The second-order valence-electron chi connectivity index (χ2n) is 5.11. The maximum atomic E-state index is 11.8. The Morgan fingerprint density at radius 1 is 1.14 bits per heavy atom. The Morgan fingerprint density at radius 2 is 1.81 bits per heavy atom. The van der Waals surface area contributed by atoms with E-state index in [0.29, 0.717) is 6.04 Å². The standard InChI is InChI=1S/C15H20N2O3S/c18-14(9-21-10-15(19)20)17-13-8-4-3-7-12(13)16-11-5-1-2-6-11/h3-4,7-8,11,16H,1-2,5-6,9-10H2,(H,17,18)(H,19,20). The number of thioether (sulfide) groups is 1. The average molecular weight is 308 g/mol. The summed E-state index contributed by atoms with van der Waals surface area (Å²) in [5.41, 5.74) is 1.69.